The Morgan fingerprint density at radius 1 is 1.47 bits per heavy atom. The highest BCUT2D eigenvalue weighted by Gasteiger charge is 2.28. The van der Waals surface area contributed by atoms with Gasteiger partial charge in [0, 0.05) is 18.4 Å². The lowest BCUT2D eigenvalue weighted by atomic mass is 9.85. The van der Waals surface area contributed by atoms with Crippen LogP contribution in [0.25, 0.3) is 5.65 Å². The number of anilines is 1. The average Bonchev–Trinajstić information content (AvgIpc) is 2.74. The van der Waals surface area contributed by atoms with Crippen LogP contribution in [0.1, 0.15) is 12.8 Å². The van der Waals surface area contributed by atoms with Gasteiger partial charge in [-0.15, -0.1) is 5.10 Å². The minimum atomic E-state index is 0.682. The van der Waals surface area contributed by atoms with Crippen molar-refractivity contribution in [2.24, 2.45) is 5.92 Å². The highest BCUT2D eigenvalue weighted by atomic mass is 79.9. The molecule has 0 saturated heterocycles. The third-order valence-corrected chi connectivity index (χ3v) is 3.94. The van der Waals surface area contributed by atoms with Crippen molar-refractivity contribution < 1.29 is 0 Å². The van der Waals surface area contributed by atoms with Gasteiger partial charge in [0.05, 0.1) is 12.4 Å². The molecule has 0 spiro atoms. The first-order valence-electron chi connectivity index (χ1n) is 5.61. The Kier molecular flexibility index (Phi) is 2.70. The summed E-state index contributed by atoms with van der Waals surface area (Å²) in [6.45, 7) is 1.02. The molecular weight excluding hydrogens is 284 g/mol. The van der Waals surface area contributed by atoms with Crippen molar-refractivity contribution in [3.63, 3.8) is 0 Å². The maximum atomic E-state index is 4.16. The molecule has 0 bridgehead atoms. The molecule has 0 unspecified atom stereocenters. The number of alkyl halides is 1. The molecule has 0 radical (unpaired) electrons. The molecule has 2 aromatic heterocycles. The Morgan fingerprint density at radius 3 is 3.06 bits per heavy atom. The summed E-state index contributed by atoms with van der Waals surface area (Å²) >= 11 is 3.61. The van der Waals surface area contributed by atoms with Crippen LogP contribution in [0.2, 0.25) is 0 Å². The molecule has 3 rings (SSSR count). The third-order valence-electron chi connectivity index (χ3n) is 3.19. The molecule has 0 N–H and O–H groups in total. The van der Waals surface area contributed by atoms with Gasteiger partial charge < -0.3 is 4.90 Å². The highest BCUT2D eigenvalue weighted by molar-refractivity contribution is 9.09. The summed E-state index contributed by atoms with van der Waals surface area (Å²) in [6, 6.07) is 0. The van der Waals surface area contributed by atoms with E-state index in [1.807, 2.05) is 0 Å². The van der Waals surface area contributed by atoms with E-state index in [0.29, 0.717) is 10.5 Å². The second-order valence-electron chi connectivity index (χ2n) is 4.53. The molecule has 1 aliphatic carbocycles. The van der Waals surface area contributed by atoms with Gasteiger partial charge in [0.2, 0.25) is 0 Å². The van der Waals surface area contributed by atoms with Crippen LogP contribution < -0.4 is 4.90 Å². The minimum absolute atomic E-state index is 0.682. The van der Waals surface area contributed by atoms with E-state index in [9.17, 15) is 0 Å². The lowest BCUT2D eigenvalue weighted by molar-refractivity contribution is 0.338. The van der Waals surface area contributed by atoms with E-state index in [1.165, 1.54) is 12.8 Å². The van der Waals surface area contributed by atoms with Crippen molar-refractivity contribution in [1.82, 2.24) is 25.0 Å². The maximum absolute atomic E-state index is 4.16. The first-order valence-corrected chi connectivity index (χ1v) is 6.53. The number of nitrogens with zero attached hydrogens (tertiary/aromatic N) is 6. The number of halogens is 1. The molecule has 90 valence electrons. The van der Waals surface area contributed by atoms with Crippen LogP contribution >= 0.6 is 15.9 Å². The first kappa shape index (κ1) is 10.9. The SMILES string of the molecule is CN(CC1CC(Br)C1)c1cncc2nnnn12. The van der Waals surface area contributed by atoms with Crippen molar-refractivity contribution in [2.45, 2.75) is 17.7 Å². The fraction of sp³-hybridized carbons (Fsp3) is 0.600. The van der Waals surface area contributed by atoms with Crippen molar-refractivity contribution >= 4 is 27.4 Å². The molecule has 6 nitrogen and oxygen atoms in total. The van der Waals surface area contributed by atoms with Crippen LogP contribution in [0.4, 0.5) is 5.82 Å². The van der Waals surface area contributed by atoms with Crippen LogP contribution in [-0.2, 0) is 0 Å². The number of fused-ring (bicyclic) bond motifs is 1. The molecule has 0 aromatic carbocycles. The molecule has 1 saturated carbocycles. The van der Waals surface area contributed by atoms with E-state index in [4.69, 9.17) is 0 Å². The standard InChI is InChI=1S/C10H13BrN6/c1-16(6-7-2-8(11)3-7)10-5-12-4-9-13-14-15-17(9)10/h4-5,7-8H,2-3,6H2,1H3. The molecule has 0 atom stereocenters. The van der Waals surface area contributed by atoms with Gasteiger partial charge in [0.1, 0.15) is 0 Å². The van der Waals surface area contributed by atoms with Crippen LogP contribution in [0.15, 0.2) is 12.4 Å². The number of hydrogen-bond acceptors (Lipinski definition) is 5. The van der Waals surface area contributed by atoms with Crippen molar-refractivity contribution in [3.05, 3.63) is 12.4 Å². The van der Waals surface area contributed by atoms with E-state index >= 15 is 0 Å². The normalized spacial score (nSPS) is 23.6. The number of aromatic nitrogens is 5. The van der Waals surface area contributed by atoms with Gasteiger partial charge in [-0.05, 0) is 29.2 Å². The Morgan fingerprint density at radius 2 is 2.29 bits per heavy atom. The quantitative estimate of drug-likeness (QED) is 0.795. The fourth-order valence-electron chi connectivity index (χ4n) is 2.21. The molecule has 2 heterocycles. The second-order valence-corrected chi connectivity index (χ2v) is 5.82. The molecule has 1 aliphatic rings. The predicted molar refractivity (Wildman–Crippen MR) is 67.3 cm³/mol. The monoisotopic (exact) mass is 296 g/mol. The van der Waals surface area contributed by atoms with Crippen LogP contribution in [0.5, 0.6) is 0 Å². The fourth-order valence-corrected chi connectivity index (χ4v) is 3.26. The minimum Gasteiger partial charge on any atom is -0.358 e. The summed E-state index contributed by atoms with van der Waals surface area (Å²) in [5, 5.41) is 11.5. The largest absolute Gasteiger partial charge is 0.358 e. The summed E-state index contributed by atoms with van der Waals surface area (Å²) in [7, 11) is 2.06. The lowest BCUT2D eigenvalue weighted by Crippen LogP contribution is -2.35. The number of hydrogen-bond donors (Lipinski definition) is 0. The third kappa shape index (κ3) is 1.99. The van der Waals surface area contributed by atoms with Gasteiger partial charge in [0.25, 0.3) is 0 Å². The van der Waals surface area contributed by atoms with E-state index < -0.39 is 0 Å². The molecule has 0 amide bonds. The molecule has 0 aliphatic heterocycles. The van der Waals surface area contributed by atoms with Crippen molar-refractivity contribution in [1.29, 1.82) is 0 Å². The van der Waals surface area contributed by atoms with Crippen LogP contribution in [0, 0.1) is 5.92 Å². The van der Waals surface area contributed by atoms with Crippen LogP contribution in [0.3, 0.4) is 0 Å². The molecule has 1 fully saturated rings. The number of rotatable bonds is 3. The van der Waals surface area contributed by atoms with E-state index in [1.54, 1.807) is 16.9 Å². The van der Waals surface area contributed by atoms with Gasteiger partial charge >= 0.3 is 0 Å². The molecule has 7 heteroatoms. The Balaban J connectivity index is 1.80. The van der Waals surface area contributed by atoms with Gasteiger partial charge in [-0.2, -0.15) is 4.52 Å². The Labute approximate surface area is 107 Å². The van der Waals surface area contributed by atoms with Crippen LogP contribution in [-0.4, -0.2) is 43.4 Å². The zero-order chi connectivity index (χ0) is 11.8. The molecular formula is C10H13BrN6. The zero-order valence-corrected chi connectivity index (χ0v) is 11.1. The lowest BCUT2D eigenvalue weighted by Gasteiger charge is -2.34. The summed E-state index contributed by atoms with van der Waals surface area (Å²) < 4.78 is 1.72. The van der Waals surface area contributed by atoms with E-state index in [2.05, 4.69) is 48.4 Å². The second kappa shape index (κ2) is 4.21. The summed E-state index contributed by atoms with van der Waals surface area (Å²) in [5.41, 5.74) is 0.682. The van der Waals surface area contributed by atoms with Gasteiger partial charge in [-0.25, -0.2) is 0 Å². The smallest absolute Gasteiger partial charge is 0.199 e. The van der Waals surface area contributed by atoms with Gasteiger partial charge in [-0.1, -0.05) is 15.9 Å². The Hall–Kier alpha value is -1.24. The Bertz CT molecular complexity index is 520. The summed E-state index contributed by atoms with van der Waals surface area (Å²) in [4.78, 5) is 7.02. The highest BCUT2D eigenvalue weighted by Crippen LogP contribution is 2.34. The van der Waals surface area contributed by atoms with E-state index in [0.717, 1.165) is 18.3 Å². The predicted octanol–water partition coefficient (Wildman–Crippen LogP) is 1.13. The van der Waals surface area contributed by atoms with Gasteiger partial charge in [0.15, 0.2) is 11.5 Å². The zero-order valence-electron chi connectivity index (χ0n) is 9.49. The average molecular weight is 297 g/mol. The summed E-state index contributed by atoms with van der Waals surface area (Å²) in [5.74, 6) is 1.68. The van der Waals surface area contributed by atoms with Crippen molar-refractivity contribution in [3.8, 4) is 0 Å². The topological polar surface area (TPSA) is 59.2 Å². The maximum Gasteiger partial charge on any atom is 0.199 e. The first-order chi connectivity index (χ1) is 8.24. The molecule has 17 heavy (non-hydrogen) atoms. The molecule has 2 aromatic rings. The van der Waals surface area contributed by atoms with Gasteiger partial charge in [-0.3, -0.25) is 4.98 Å². The van der Waals surface area contributed by atoms with Crippen molar-refractivity contribution in [2.75, 3.05) is 18.5 Å². The van der Waals surface area contributed by atoms with E-state index in [-0.39, 0.29) is 0 Å². The number of tetrazole rings is 1. The summed E-state index contributed by atoms with van der Waals surface area (Å²) in [6.07, 6.45) is 5.94.